The molecule has 0 bridgehead atoms. The van der Waals surface area contributed by atoms with Gasteiger partial charge in [0.15, 0.2) is 0 Å². The largest absolute Gasteiger partial charge is 0.489 e. The molecule has 2 aromatic rings. The molecule has 2 aromatic carbocycles. The molecule has 1 atom stereocenters. The lowest BCUT2D eigenvalue weighted by molar-refractivity contribution is -0.132. The van der Waals surface area contributed by atoms with E-state index in [2.05, 4.69) is 11.0 Å². The van der Waals surface area contributed by atoms with Gasteiger partial charge in [-0.05, 0) is 48.2 Å². The van der Waals surface area contributed by atoms with Crippen LogP contribution in [-0.2, 0) is 11.4 Å². The Bertz CT molecular complexity index is 1100. The van der Waals surface area contributed by atoms with Crippen molar-refractivity contribution in [3.63, 3.8) is 0 Å². The van der Waals surface area contributed by atoms with E-state index < -0.39 is 0 Å². The summed E-state index contributed by atoms with van der Waals surface area (Å²) in [6.45, 7) is 1.07. The summed E-state index contributed by atoms with van der Waals surface area (Å²) in [4.78, 5) is 17.4. The standard InChI is InChI=1S/C27H28ClN3O2S/c28-21-10-6-19(7-11-21)16-33-23-12-8-20(9-13-23)24-14-26(32)31-17-30(22-4-2-1-3-5-22)18-34-27(31)25(24)15-29/h6-13,22,24H,1-5,14,16-18H2. The van der Waals surface area contributed by atoms with Gasteiger partial charge in [-0.15, -0.1) is 0 Å². The lowest BCUT2D eigenvalue weighted by atomic mass is 9.86. The molecule has 2 aliphatic heterocycles. The highest BCUT2D eigenvalue weighted by molar-refractivity contribution is 8.03. The number of rotatable bonds is 5. The zero-order valence-electron chi connectivity index (χ0n) is 19.1. The third-order valence-corrected chi connectivity index (χ3v) is 8.43. The number of nitriles is 1. The van der Waals surface area contributed by atoms with Crippen molar-refractivity contribution in [3.8, 4) is 11.8 Å². The van der Waals surface area contributed by atoms with E-state index in [1.165, 1.54) is 32.1 Å². The molecule has 34 heavy (non-hydrogen) atoms. The number of fused-ring (bicyclic) bond motifs is 1. The molecule has 1 unspecified atom stereocenters. The molecule has 1 aliphatic carbocycles. The van der Waals surface area contributed by atoms with Crippen molar-refractivity contribution in [2.75, 3.05) is 12.5 Å². The van der Waals surface area contributed by atoms with Gasteiger partial charge in [-0.25, -0.2) is 0 Å². The van der Waals surface area contributed by atoms with Gasteiger partial charge in [-0.3, -0.25) is 14.6 Å². The Morgan fingerprint density at radius 1 is 1.06 bits per heavy atom. The lowest BCUT2D eigenvalue weighted by Crippen LogP contribution is -2.51. The Balaban J connectivity index is 1.29. The maximum Gasteiger partial charge on any atom is 0.229 e. The van der Waals surface area contributed by atoms with Crippen molar-refractivity contribution in [2.45, 2.75) is 57.1 Å². The zero-order valence-corrected chi connectivity index (χ0v) is 20.7. The van der Waals surface area contributed by atoms with Crippen LogP contribution in [0.4, 0.5) is 0 Å². The van der Waals surface area contributed by atoms with E-state index in [0.717, 1.165) is 27.8 Å². The highest BCUT2D eigenvalue weighted by Crippen LogP contribution is 2.43. The number of ether oxygens (including phenoxy) is 1. The molecule has 5 rings (SSSR count). The Labute approximate surface area is 210 Å². The highest BCUT2D eigenvalue weighted by atomic mass is 35.5. The second-order valence-corrected chi connectivity index (χ2v) is 10.6. The Hall–Kier alpha value is -2.46. The maximum atomic E-state index is 13.2. The molecule has 2 fully saturated rings. The summed E-state index contributed by atoms with van der Waals surface area (Å²) < 4.78 is 5.90. The van der Waals surface area contributed by atoms with Crippen molar-refractivity contribution in [2.24, 2.45) is 0 Å². The first-order valence-electron chi connectivity index (χ1n) is 11.9. The summed E-state index contributed by atoms with van der Waals surface area (Å²) in [6, 6.07) is 18.4. The molecule has 0 radical (unpaired) electrons. The van der Waals surface area contributed by atoms with E-state index in [1.54, 1.807) is 11.8 Å². The average Bonchev–Trinajstić information content (AvgIpc) is 2.89. The monoisotopic (exact) mass is 493 g/mol. The molecule has 1 saturated heterocycles. The number of allylic oxidation sites excluding steroid dienone is 1. The average molecular weight is 494 g/mol. The lowest BCUT2D eigenvalue weighted by Gasteiger charge is -2.44. The fourth-order valence-electron chi connectivity index (χ4n) is 5.08. The van der Waals surface area contributed by atoms with Crippen molar-refractivity contribution >= 4 is 29.3 Å². The highest BCUT2D eigenvalue weighted by Gasteiger charge is 2.39. The summed E-state index contributed by atoms with van der Waals surface area (Å²) in [6.07, 6.45) is 6.61. The Morgan fingerprint density at radius 3 is 2.50 bits per heavy atom. The summed E-state index contributed by atoms with van der Waals surface area (Å²) in [7, 11) is 0. The van der Waals surface area contributed by atoms with Gasteiger partial charge in [0.1, 0.15) is 12.4 Å². The van der Waals surface area contributed by atoms with E-state index in [1.807, 2.05) is 53.4 Å². The van der Waals surface area contributed by atoms with Gasteiger partial charge in [0.05, 0.1) is 29.2 Å². The first-order chi connectivity index (χ1) is 16.6. The number of amides is 1. The van der Waals surface area contributed by atoms with Crippen LogP contribution in [0.1, 0.15) is 55.6 Å². The molecule has 0 spiro atoms. The maximum absolute atomic E-state index is 13.2. The third kappa shape index (κ3) is 4.98. The summed E-state index contributed by atoms with van der Waals surface area (Å²) in [5, 5.41) is 11.6. The van der Waals surface area contributed by atoms with Gasteiger partial charge in [0.2, 0.25) is 5.91 Å². The molecule has 176 valence electrons. The van der Waals surface area contributed by atoms with Gasteiger partial charge in [-0.2, -0.15) is 5.26 Å². The van der Waals surface area contributed by atoms with Crippen LogP contribution in [0.5, 0.6) is 5.75 Å². The van der Waals surface area contributed by atoms with Crippen LogP contribution in [0.3, 0.4) is 0 Å². The fraction of sp³-hybridized carbons (Fsp3) is 0.407. The minimum atomic E-state index is -0.206. The number of nitrogens with zero attached hydrogens (tertiary/aromatic N) is 3. The van der Waals surface area contributed by atoms with Crippen molar-refractivity contribution < 1.29 is 9.53 Å². The van der Waals surface area contributed by atoms with Crippen LogP contribution in [0.15, 0.2) is 59.1 Å². The van der Waals surface area contributed by atoms with Crippen LogP contribution >= 0.6 is 23.4 Å². The van der Waals surface area contributed by atoms with E-state index >= 15 is 0 Å². The first kappa shape index (κ1) is 23.3. The molecular weight excluding hydrogens is 466 g/mol. The number of hydrogen-bond acceptors (Lipinski definition) is 5. The van der Waals surface area contributed by atoms with Gasteiger partial charge in [0, 0.05) is 23.4 Å². The predicted octanol–water partition coefficient (Wildman–Crippen LogP) is 6.27. The third-order valence-electron chi connectivity index (χ3n) is 7.01. The summed E-state index contributed by atoms with van der Waals surface area (Å²) >= 11 is 7.59. The topological polar surface area (TPSA) is 56.6 Å². The SMILES string of the molecule is N#CC1=C2SCN(C3CCCCC3)CN2C(=O)CC1c1ccc(OCc2ccc(Cl)cc2)cc1. The van der Waals surface area contributed by atoms with E-state index in [0.29, 0.717) is 36.3 Å². The van der Waals surface area contributed by atoms with Crippen LogP contribution in [0.2, 0.25) is 5.02 Å². The first-order valence-corrected chi connectivity index (χ1v) is 13.3. The minimum absolute atomic E-state index is 0.107. The quantitative estimate of drug-likeness (QED) is 0.491. The smallest absolute Gasteiger partial charge is 0.229 e. The molecule has 1 amide bonds. The van der Waals surface area contributed by atoms with Crippen LogP contribution in [0.25, 0.3) is 0 Å². The van der Waals surface area contributed by atoms with E-state index in [4.69, 9.17) is 16.3 Å². The molecule has 2 heterocycles. The van der Waals surface area contributed by atoms with Gasteiger partial charge in [-0.1, -0.05) is 66.9 Å². The van der Waals surface area contributed by atoms with Crippen LogP contribution in [0, 0.1) is 11.3 Å². The molecular formula is C27H28ClN3O2S. The van der Waals surface area contributed by atoms with Crippen molar-refractivity contribution in [3.05, 3.63) is 75.3 Å². The number of thioether (sulfide) groups is 1. The molecule has 1 saturated carbocycles. The van der Waals surface area contributed by atoms with E-state index in [-0.39, 0.29) is 11.8 Å². The van der Waals surface area contributed by atoms with Crippen LogP contribution < -0.4 is 4.74 Å². The summed E-state index contributed by atoms with van der Waals surface area (Å²) in [5.41, 5.74) is 2.73. The zero-order chi connectivity index (χ0) is 23.5. The molecule has 3 aliphatic rings. The predicted molar refractivity (Wildman–Crippen MR) is 135 cm³/mol. The van der Waals surface area contributed by atoms with Gasteiger partial charge >= 0.3 is 0 Å². The second kappa shape index (κ2) is 10.4. The van der Waals surface area contributed by atoms with Crippen LogP contribution in [-0.4, -0.2) is 34.3 Å². The second-order valence-electron chi connectivity index (χ2n) is 9.19. The van der Waals surface area contributed by atoms with Gasteiger partial charge < -0.3 is 4.74 Å². The number of halogens is 1. The number of carbonyl (C=O) groups excluding carboxylic acids is 1. The van der Waals surface area contributed by atoms with Gasteiger partial charge in [0.25, 0.3) is 0 Å². The molecule has 7 heteroatoms. The fourth-order valence-corrected chi connectivity index (χ4v) is 6.45. The Kier molecular flexibility index (Phi) is 7.15. The van der Waals surface area contributed by atoms with Crippen molar-refractivity contribution in [1.82, 2.24) is 9.80 Å². The number of hydrogen-bond donors (Lipinski definition) is 0. The number of benzene rings is 2. The summed E-state index contributed by atoms with van der Waals surface area (Å²) in [5.74, 6) is 1.50. The minimum Gasteiger partial charge on any atom is -0.489 e. The molecule has 0 N–H and O–H groups in total. The van der Waals surface area contributed by atoms with E-state index in [9.17, 15) is 10.1 Å². The van der Waals surface area contributed by atoms with Crippen molar-refractivity contribution in [1.29, 1.82) is 5.26 Å². The number of carbonyl (C=O) groups is 1. The normalized spacial score (nSPS) is 21.8. The molecule has 5 nitrogen and oxygen atoms in total. The molecule has 0 aromatic heterocycles. The Morgan fingerprint density at radius 2 is 1.79 bits per heavy atom.